The van der Waals surface area contributed by atoms with E-state index < -0.39 is 0 Å². The lowest BCUT2D eigenvalue weighted by Crippen LogP contribution is -2.55. The summed E-state index contributed by atoms with van der Waals surface area (Å²) < 4.78 is 0. The van der Waals surface area contributed by atoms with E-state index in [0.717, 1.165) is 18.9 Å². The highest BCUT2D eigenvalue weighted by molar-refractivity contribution is 4.83. The second-order valence-electron chi connectivity index (χ2n) is 5.26. The van der Waals surface area contributed by atoms with E-state index in [0.29, 0.717) is 12.1 Å². The van der Waals surface area contributed by atoms with Crippen LogP contribution in [0.2, 0.25) is 0 Å². The normalized spacial score (nSPS) is 31.8. The van der Waals surface area contributed by atoms with Gasteiger partial charge < -0.3 is 5.73 Å². The molecule has 0 amide bonds. The van der Waals surface area contributed by atoms with Crippen LogP contribution in [0.1, 0.15) is 27.2 Å². The zero-order valence-electron chi connectivity index (χ0n) is 10.7. The van der Waals surface area contributed by atoms with Gasteiger partial charge in [-0.1, -0.05) is 6.92 Å². The molecule has 0 spiro atoms. The molecule has 3 nitrogen and oxygen atoms in total. The lowest BCUT2D eigenvalue weighted by atomic mass is 10.0. The minimum absolute atomic E-state index is 0.679. The number of rotatable bonds is 4. The quantitative estimate of drug-likeness (QED) is 0.756. The lowest BCUT2D eigenvalue weighted by molar-refractivity contribution is 0.0516. The number of nitrogens with two attached hydrogens (primary N) is 1. The van der Waals surface area contributed by atoms with Crippen molar-refractivity contribution in [2.45, 2.75) is 39.3 Å². The van der Waals surface area contributed by atoms with Crippen LogP contribution >= 0.6 is 0 Å². The number of nitrogens with zero attached hydrogens (tertiary/aromatic N) is 2. The number of piperazine rings is 1. The summed E-state index contributed by atoms with van der Waals surface area (Å²) in [6.07, 6.45) is 1.15. The first-order chi connectivity index (χ1) is 7.04. The fourth-order valence-electron chi connectivity index (χ4n) is 2.48. The molecule has 0 bridgehead atoms. The molecule has 1 aliphatic heterocycles. The Bertz CT molecular complexity index is 172. The van der Waals surface area contributed by atoms with Gasteiger partial charge in [0, 0.05) is 31.7 Å². The molecule has 0 aliphatic carbocycles. The van der Waals surface area contributed by atoms with Crippen molar-refractivity contribution in [1.29, 1.82) is 0 Å². The van der Waals surface area contributed by atoms with Gasteiger partial charge in [0.1, 0.15) is 0 Å². The Morgan fingerprint density at radius 1 is 1.27 bits per heavy atom. The minimum Gasteiger partial charge on any atom is -0.330 e. The Morgan fingerprint density at radius 3 is 2.27 bits per heavy atom. The number of hydrogen-bond acceptors (Lipinski definition) is 3. The van der Waals surface area contributed by atoms with Gasteiger partial charge in [-0.05, 0) is 39.8 Å². The Kier molecular flexibility index (Phi) is 5.03. The number of likely N-dealkylation sites (N-methyl/N-ethyl adjacent to an activating group) is 1. The SMILES string of the molecule is CC(CCN)CN1CC(C)N(C)C(C)C1. The Hall–Kier alpha value is -0.120. The fraction of sp³-hybridized carbons (Fsp3) is 1.00. The topological polar surface area (TPSA) is 32.5 Å². The highest BCUT2D eigenvalue weighted by Gasteiger charge is 2.26. The van der Waals surface area contributed by atoms with Gasteiger partial charge in [-0.25, -0.2) is 0 Å². The number of hydrogen-bond donors (Lipinski definition) is 1. The van der Waals surface area contributed by atoms with E-state index >= 15 is 0 Å². The smallest absolute Gasteiger partial charge is 0.0195 e. The summed E-state index contributed by atoms with van der Waals surface area (Å²) in [6.45, 7) is 11.4. The molecule has 3 heteroatoms. The van der Waals surface area contributed by atoms with Crippen molar-refractivity contribution in [3.8, 4) is 0 Å². The van der Waals surface area contributed by atoms with Gasteiger partial charge >= 0.3 is 0 Å². The molecule has 0 radical (unpaired) electrons. The van der Waals surface area contributed by atoms with Crippen LogP contribution in [0.3, 0.4) is 0 Å². The highest BCUT2D eigenvalue weighted by atomic mass is 15.3. The van der Waals surface area contributed by atoms with E-state index in [1.54, 1.807) is 0 Å². The molecule has 1 rings (SSSR count). The van der Waals surface area contributed by atoms with E-state index in [1.165, 1.54) is 19.6 Å². The first kappa shape index (κ1) is 12.9. The van der Waals surface area contributed by atoms with Crippen LogP contribution in [0.5, 0.6) is 0 Å². The molecular formula is C12H27N3. The van der Waals surface area contributed by atoms with Crippen LogP contribution in [0.25, 0.3) is 0 Å². The average molecular weight is 213 g/mol. The first-order valence-corrected chi connectivity index (χ1v) is 6.19. The maximum atomic E-state index is 5.58. The summed E-state index contributed by atoms with van der Waals surface area (Å²) in [5.41, 5.74) is 5.58. The zero-order chi connectivity index (χ0) is 11.4. The second-order valence-corrected chi connectivity index (χ2v) is 5.26. The summed E-state index contributed by atoms with van der Waals surface area (Å²) in [7, 11) is 2.23. The maximum absolute atomic E-state index is 5.58. The van der Waals surface area contributed by atoms with E-state index in [-0.39, 0.29) is 0 Å². The van der Waals surface area contributed by atoms with Crippen LogP contribution in [-0.4, -0.2) is 55.1 Å². The molecule has 90 valence electrons. The van der Waals surface area contributed by atoms with Crippen LogP contribution in [0, 0.1) is 5.92 Å². The van der Waals surface area contributed by atoms with Gasteiger partial charge in [0.15, 0.2) is 0 Å². The third kappa shape index (κ3) is 3.74. The molecule has 1 heterocycles. The summed E-state index contributed by atoms with van der Waals surface area (Å²) in [6, 6.07) is 1.36. The van der Waals surface area contributed by atoms with Crippen LogP contribution in [0.4, 0.5) is 0 Å². The van der Waals surface area contributed by atoms with Crippen LogP contribution in [-0.2, 0) is 0 Å². The molecular weight excluding hydrogens is 186 g/mol. The molecule has 0 saturated carbocycles. The van der Waals surface area contributed by atoms with Crippen molar-refractivity contribution < 1.29 is 0 Å². The Morgan fingerprint density at radius 2 is 1.80 bits per heavy atom. The second kappa shape index (κ2) is 5.83. The van der Waals surface area contributed by atoms with Crippen molar-refractivity contribution in [3.63, 3.8) is 0 Å². The molecule has 3 atom stereocenters. The van der Waals surface area contributed by atoms with E-state index in [4.69, 9.17) is 5.73 Å². The summed E-state index contributed by atoms with van der Waals surface area (Å²) in [5, 5.41) is 0. The molecule has 2 N–H and O–H groups in total. The van der Waals surface area contributed by atoms with E-state index in [2.05, 4.69) is 37.6 Å². The molecule has 15 heavy (non-hydrogen) atoms. The zero-order valence-corrected chi connectivity index (χ0v) is 10.7. The van der Waals surface area contributed by atoms with Gasteiger partial charge in [-0.3, -0.25) is 9.80 Å². The lowest BCUT2D eigenvalue weighted by Gasteiger charge is -2.43. The van der Waals surface area contributed by atoms with Crippen molar-refractivity contribution in [1.82, 2.24) is 9.80 Å². The van der Waals surface area contributed by atoms with E-state index in [1.807, 2.05) is 0 Å². The molecule has 1 saturated heterocycles. The summed E-state index contributed by atoms with van der Waals surface area (Å²) in [4.78, 5) is 5.07. The highest BCUT2D eigenvalue weighted by Crippen LogP contribution is 2.15. The van der Waals surface area contributed by atoms with Crippen molar-refractivity contribution in [3.05, 3.63) is 0 Å². The minimum atomic E-state index is 0.679. The molecule has 0 aromatic rings. The van der Waals surface area contributed by atoms with Crippen molar-refractivity contribution in [2.24, 2.45) is 11.7 Å². The standard InChI is InChI=1S/C12H27N3/c1-10(5-6-13)7-15-8-11(2)14(4)12(3)9-15/h10-12H,5-9,13H2,1-4H3. The predicted octanol–water partition coefficient (Wildman–Crippen LogP) is 0.996. The molecule has 0 aromatic heterocycles. The molecule has 3 unspecified atom stereocenters. The van der Waals surface area contributed by atoms with E-state index in [9.17, 15) is 0 Å². The van der Waals surface area contributed by atoms with Gasteiger partial charge in [-0.2, -0.15) is 0 Å². The third-order valence-corrected chi connectivity index (χ3v) is 3.66. The van der Waals surface area contributed by atoms with Crippen LogP contribution in [0.15, 0.2) is 0 Å². The van der Waals surface area contributed by atoms with Gasteiger partial charge in [0.05, 0.1) is 0 Å². The monoisotopic (exact) mass is 213 g/mol. The third-order valence-electron chi connectivity index (χ3n) is 3.66. The molecule has 1 aliphatic rings. The average Bonchev–Trinajstić information content (AvgIpc) is 2.14. The molecule has 1 fully saturated rings. The summed E-state index contributed by atoms with van der Waals surface area (Å²) >= 11 is 0. The van der Waals surface area contributed by atoms with Crippen LogP contribution < -0.4 is 5.73 Å². The van der Waals surface area contributed by atoms with Gasteiger partial charge in [-0.15, -0.1) is 0 Å². The fourth-order valence-corrected chi connectivity index (χ4v) is 2.48. The largest absolute Gasteiger partial charge is 0.330 e. The van der Waals surface area contributed by atoms with Crippen molar-refractivity contribution in [2.75, 3.05) is 33.2 Å². The maximum Gasteiger partial charge on any atom is 0.0195 e. The predicted molar refractivity (Wildman–Crippen MR) is 66.0 cm³/mol. The van der Waals surface area contributed by atoms with Gasteiger partial charge in [0.25, 0.3) is 0 Å². The summed E-state index contributed by atoms with van der Waals surface area (Å²) in [5.74, 6) is 0.734. The van der Waals surface area contributed by atoms with Crippen molar-refractivity contribution >= 4 is 0 Å². The molecule has 0 aromatic carbocycles. The Labute approximate surface area is 94.6 Å². The first-order valence-electron chi connectivity index (χ1n) is 6.19. The van der Waals surface area contributed by atoms with Gasteiger partial charge in [0.2, 0.25) is 0 Å². The Balaban J connectivity index is 2.37.